The maximum atomic E-state index is 11.6. The number of hydrogen-bond acceptors (Lipinski definition) is 4. The summed E-state index contributed by atoms with van der Waals surface area (Å²) in [6.07, 6.45) is 4.77. The summed E-state index contributed by atoms with van der Waals surface area (Å²) in [5.74, 6) is -1.93. The maximum Gasteiger partial charge on any atom is 0.270 e. The van der Waals surface area contributed by atoms with Gasteiger partial charge in [0.2, 0.25) is 16.2 Å². The van der Waals surface area contributed by atoms with Crippen molar-refractivity contribution in [3.63, 3.8) is 0 Å². The quantitative estimate of drug-likeness (QED) is 0.515. The number of amides is 2. The Morgan fingerprint density at radius 2 is 1.69 bits per heavy atom. The van der Waals surface area contributed by atoms with E-state index in [1.165, 1.54) is 0 Å². The Bertz CT molecular complexity index is 451. The first-order chi connectivity index (χ1) is 7.61. The molecule has 0 aromatic heterocycles. The molecule has 0 radical (unpaired) electrons. The molecular weight excluding hydrogens is 230 g/mol. The minimum atomic E-state index is -2.59. The lowest BCUT2D eigenvalue weighted by atomic mass is 9.79. The molecule has 0 aromatic rings. The first-order valence-electron chi connectivity index (χ1n) is 5.42. The molecule has 1 unspecified atom stereocenters. The Labute approximate surface area is 94.7 Å². The minimum absolute atomic E-state index is 0.00750. The normalized spacial score (nSPS) is 27.0. The molecule has 1 aliphatic heterocycles. The van der Waals surface area contributed by atoms with E-state index in [4.69, 9.17) is 0 Å². The summed E-state index contributed by atoms with van der Waals surface area (Å²) in [7, 11) is -2.59. The van der Waals surface area contributed by atoms with Gasteiger partial charge in [-0.05, 0) is 18.8 Å². The molecule has 2 aliphatic rings. The van der Waals surface area contributed by atoms with Crippen molar-refractivity contribution in [2.75, 3.05) is 0 Å². The van der Waals surface area contributed by atoms with Crippen LogP contribution in [0, 0.1) is 11.8 Å². The van der Waals surface area contributed by atoms with E-state index in [0.717, 1.165) is 32.1 Å². The Balaban J connectivity index is 2.34. The first kappa shape index (κ1) is 11.3. The molecule has 88 valence electrons. The van der Waals surface area contributed by atoms with Gasteiger partial charge in [0.05, 0.1) is 5.92 Å². The topological polar surface area (TPSA) is 80.3 Å². The molecule has 0 bridgehead atoms. The van der Waals surface area contributed by atoms with Crippen LogP contribution in [0.4, 0.5) is 0 Å². The summed E-state index contributed by atoms with van der Waals surface area (Å²) >= 11 is 0. The maximum absolute atomic E-state index is 11.6. The molecule has 6 heteroatoms. The van der Waals surface area contributed by atoms with Crippen LogP contribution in [0.15, 0.2) is 0 Å². The van der Waals surface area contributed by atoms with Crippen LogP contribution >= 0.6 is 0 Å². The van der Waals surface area contributed by atoms with E-state index < -0.39 is 28.0 Å². The Hall–Kier alpha value is -1.17. The molecule has 1 aliphatic carbocycles. The van der Waals surface area contributed by atoms with Crippen LogP contribution in [0.5, 0.6) is 0 Å². The van der Waals surface area contributed by atoms with E-state index in [-0.39, 0.29) is 10.8 Å². The zero-order chi connectivity index (χ0) is 11.7. The highest BCUT2D eigenvalue weighted by Gasteiger charge is 2.44. The van der Waals surface area contributed by atoms with E-state index in [9.17, 15) is 18.0 Å². The fourth-order valence-electron chi connectivity index (χ4n) is 2.59. The van der Waals surface area contributed by atoms with Gasteiger partial charge in [-0.2, -0.15) is 8.42 Å². The predicted molar refractivity (Wildman–Crippen MR) is 57.1 cm³/mol. The molecule has 5 nitrogen and oxygen atoms in total. The second-order valence-corrected chi connectivity index (χ2v) is 5.20. The van der Waals surface area contributed by atoms with E-state index >= 15 is 0 Å². The van der Waals surface area contributed by atoms with Crippen molar-refractivity contribution in [1.29, 1.82) is 0 Å². The zero-order valence-corrected chi connectivity index (χ0v) is 9.55. The minimum Gasteiger partial charge on any atom is -0.291 e. The first-order valence-corrected chi connectivity index (χ1v) is 6.50. The summed E-state index contributed by atoms with van der Waals surface area (Å²) in [6, 6.07) is 0. The van der Waals surface area contributed by atoms with Crippen LogP contribution in [0.1, 0.15) is 32.1 Å². The number of imide groups is 1. The zero-order valence-electron chi connectivity index (χ0n) is 8.73. The molecule has 0 aromatic carbocycles. The summed E-state index contributed by atoms with van der Waals surface area (Å²) in [6.45, 7) is 0. The highest BCUT2D eigenvalue weighted by atomic mass is 32.2. The van der Waals surface area contributed by atoms with E-state index in [2.05, 4.69) is 5.32 Å². The molecule has 1 heterocycles. The number of rotatable bonds is 1. The van der Waals surface area contributed by atoms with Crippen LogP contribution < -0.4 is 5.32 Å². The van der Waals surface area contributed by atoms with Crippen molar-refractivity contribution in [3.8, 4) is 0 Å². The van der Waals surface area contributed by atoms with E-state index in [1.54, 1.807) is 0 Å². The second kappa shape index (κ2) is 4.37. The number of carbonyl (C=O) groups excluding carboxylic acids is 2. The molecule has 0 spiro atoms. The molecule has 1 saturated carbocycles. The summed E-state index contributed by atoms with van der Waals surface area (Å²) in [4.78, 5) is 22.6. The molecule has 2 amide bonds. The number of hydrogen-bond donors (Lipinski definition) is 1. The third-order valence-electron chi connectivity index (χ3n) is 3.33. The average Bonchev–Trinajstić information content (AvgIpc) is 2.55. The Morgan fingerprint density at radius 3 is 2.25 bits per heavy atom. The Morgan fingerprint density at radius 1 is 1.06 bits per heavy atom. The highest BCUT2D eigenvalue weighted by Crippen LogP contribution is 2.32. The lowest BCUT2D eigenvalue weighted by molar-refractivity contribution is -0.126. The third kappa shape index (κ3) is 1.89. The van der Waals surface area contributed by atoms with E-state index in [1.807, 2.05) is 0 Å². The van der Waals surface area contributed by atoms with Gasteiger partial charge < -0.3 is 0 Å². The van der Waals surface area contributed by atoms with Crippen molar-refractivity contribution < 1.29 is 18.0 Å². The number of nitrogens with one attached hydrogen (secondary N) is 1. The van der Waals surface area contributed by atoms with E-state index in [0.29, 0.717) is 0 Å². The molecule has 2 fully saturated rings. The van der Waals surface area contributed by atoms with Gasteiger partial charge in [0, 0.05) is 0 Å². The van der Waals surface area contributed by atoms with Crippen LogP contribution in [-0.2, 0) is 19.9 Å². The smallest absolute Gasteiger partial charge is 0.270 e. The summed E-state index contributed by atoms with van der Waals surface area (Å²) < 4.78 is 21.9. The van der Waals surface area contributed by atoms with Crippen molar-refractivity contribution in [2.45, 2.75) is 32.1 Å². The fourth-order valence-corrected chi connectivity index (χ4v) is 3.30. The molecule has 1 saturated heterocycles. The molecule has 16 heavy (non-hydrogen) atoms. The molecule has 2 rings (SSSR count). The van der Waals surface area contributed by atoms with Gasteiger partial charge in [0.1, 0.15) is 4.86 Å². The van der Waals surface area contributed by atoms with Crippen LogP contribution in [-0.4, -0.2) is 25.1 Å². The highest BCUT2D eigenvalue weighted by molar-refractivity contribution is 7.75. The molecule has 1 atom stereocenters. The SMILES string of the molecule is O=C1NC(=O)C(C2CCCCC2)C1=S(=O)=O. The Kier molecular flexibility index (Phi) is 3.09. The summed E-state index contributed by atoms with van der Waals surface area (Å²) in [5.41, 5.74) is 0. The second-order valence-electron chi connectivity index (χ2n) is 4.29. The third-order valence-corrected chi connectivity index (χ3v) is 4.12. The van der Waals surface area contributed by atoms with Crippen LogP contribution in [0.3, 0.4) is 0 Å². The van der Waals surface area contributed by atoms with Gasteiger partial charge in [0.15, 0.2) is 0 Å². The average molecular weight is 243 g/mol. The fraction of sp³-hybridized carbons (Fsp3) is 0.700. The van der Waals surface area contributed by atoms with Gasteiger partial charge in [-0.15, -0.1) is 0 Å². The van der Waals surface area contributed by atoms with Crippen LogP contribution in [0.25, 0.3) is 0 Å². The lowest BCUT2D eigenvalue weighted by Crippen LogP contribution is -2.29. The summed E-state index contributed by atoms with van der Waals surface area (Å²) in [5, 5.41) is 2.09. The van der Waals surface area contributed by atoms with Gasteiger partial charge in [-0.1, -0.05) is 19.3 Å². The number of carbonyl (C=O) groups is 2. The van der Waals surface area contributed by atoms with Gasteiger partial charge in [-0.3, -0.25) is 14.9 Å². The van der Waals surface area contributed by atoms with Gasteiger partial charge in [-0.25, -0.2) is 0 Å². The molecule has 1 N–H and O–H groups in total. The molecular formula is C10H13NO4S. The van der Waals surface area contributed by atoms with Gasteiger partial charge in [0.25, 0.3) is 5.91 Å². The monoisotopic (exact) mass is 243 g/mol. The lowest BCUT2D eigenvalue weighted by Gasteiger charge is -2.24. The van der Waals surface area contributed by atoms with Crippen molar-refractivity contribution in [3.05, 3.63) is 0 Å². The predicted octanol–water partition coefficient (Wildman–Crippen LogP) is -0.109. The van der Waals surface area contributed by atoms with Crippen molar-refractivity contribution in [1.82, 2.24) is 5.32 Å². The standard InChI is InChI=1S/C10H13NO4S/c12-9-7(6-4-2-1-3-5-6)8(16(14)15)10(13)11-9/h6-7H,1-5H2,(H,11,12,13). The van der Waals surface area contributed by atoms with Crippen molar-refractivity contribution >= 4 is 27.0 Å². The largest absolute Gasteiger partial charge is 0.291 e. The van der Waals surface area contributed by atoms with Crippen molar-refractivity contribution in [2.24, 2.45) is 11.8 Å². The van der Waals surface area contributed by atoms with Crippen LogP contribution in [0.2, 0.25) is 0 Å². The van der Waals surface area contributed by atoms with Gasteiger partial charge >= 0.3 is 0 Å².